The minimum Gasteiger partial charge on any atom is -0.619 e. The van der Waals surface area contributed by atoms with Crippen LogP contribution in [-0.2, 0) is 11.0 Å². The summed E-state index contributed by atoms with van der Waals surface area (Å²) in [4.78, 5) is 16.7. The zero-order chi connectivity index (χ0) is 25.4. The lowest BCUT2D eigenvalue weighted by Crippen LogP contribution is -2.23. The number of halogens is 6. The monoisotopic (exact) mass is 495 g/mol. The van der Waals surface area contributed by atoms with Crippen LogP contribution in [0.5, 0.6) is 5.75 Å². The number of anilines is 1. The van der Waals surface area contributed by atoms with Gasteiger partial charge in [-0.3, -0.25) is 4.79 Å². The number of benzene rings is 2. The fourth-order valence-electron chi connectivity index (χ4n) is 3.46. The average Bonchev–Trinajstić information content (AvgIpc) is 2.93. The number of pyridine rings is 1. The Morgan fingerprint density at radius 3 is 2.40 bits per heavy atom. The van der Waals surface area contributed by atoms with Crippen LogP contribution in [0.2, 0.25) is 0 Å². The molecule has 0 bridgehead atoms. The predicted molar refractivity (Wildman–Crippen MR) is 113 cm³/mol. The summed E-state index contributed by atoms with van der Waals surface area (Å²) in [7, 11) is 0. The van der Waals surface area contributed by atoms with Crippen molar-refractivity contribution < 1.29 is 40.6 Å². The standard InChI is InChI=1S/C23H15F6N3O3/c24-22(25,26)12-35-20-9-19-18(8-16(20)23(27,28)29)31-21(33)10-17(30-19)14-4-1-3-13(7-14)15-5-2-6-32(34)11-15/h1-9,11H,10,12H2,(H,31,33). The number of carbonyl (C=O) groups is 1. The highest BCUT2D eigenvalue weighted by Gasteiger charge is 2.38. The smallest absolute Gasteiger partial charge is 0.422 e. The largest absolute Gasteiger partial charge is 0.619 e. The Hall–Kier alpha value is -4.09. The lowest BCUT2D eigenvalue weighted by Gasteiger charge is -2.17. The number of aromatic nitrogens is 1. The molecule has 12 heteroatoms. The van der Waals surface area contributed by atoms with Crippen molar-refractivity contribution in [2.75, 3.05) is 11.9 Å². The Bertz CT molecular complexity index is 1320. The molecule has 1 aromatic heterocycles. The molecule has 0 radical (unpaired) electrons. The number of hydrogen-bond acceptors (Lipinski definition) is 4. The molecule has 3 aromatic rings. The summed E-state index contributed by atoms with van der Waals surface area (Å²) in [6, 6.07) is 11.1. The minimum absolute atomic E-state index is 0.163. The van der Waals surface area contributed by atoms with Gasteiger partial charge in [-0.05, 0) is 29.3 Å². The molecule has 1 aliphatic heterocycles. The zero-order valence-corrected chi connectivity index (χ0v) is 17.6. The van der Waals surface area contributed by atoms with E-state index in [9.17, 15) is 36.3 Å². The van der Waals surface area contributed by atoms with Gasteiger partial charge in [-0.25, -0.2) is 4.99 Å². The molecule has 0 atom stereocenters. The van der Waals surface area contributed by atoms with Gasteiger partial charge in [-0.15, -0.1) is 0 Å². The van der Waals surface area contributed by atoms with E-state index in [-0.39, 0.29) is 23.5 Å². The summed E-state index contributed by atoms with van der Waals surface area (Å²) in [5.74, 6) is -1.73. The third-order valence-corrected chi connectivity index (χ3v) is 4.96. The van der Waals surface area contributed by atoms with Crippen molar-refractivity contribution >= 4 is 23.0 Å². The number of hydrogen-bond donors (Lipinski definition) is 1. The summed E-state index contributed by atoms with van der Waals surface area (Å²) < 4.78 is 83.3. The molecular formula is C23H15F6N3O3. The van der Waals surface area contributed by atoms with Crippen LogP contribution in [0.25, 0.3) is 11.1 Å². The first-order valence-corrected chi connectivity index (χ1v) is 10.0. The van der Waals surface area contributed by atoms with Crippen LogP contribution in [0.4, 0.5) is 37.7 Å². The molecule has 35 heavy (non-hydrogen) atoms. The van der Waals surface area contributed by atoms with Crippen LogP contribution in [0.15, 0.2) is 65.9 Å². The number of alkyl halides is 6. The topological polar surface area (TPSA) is 77.6 Å². The van der Waals surface area contributed by atoms with Crippen molar-refractivity contribution in [3.05, 3.63) is 77.3 Å². The van der Waals surface area contributed by atoms with Crippen LogP contribution in [0.1, 0.15) is 17.5 Å². The molecule has 6 nitrogen and oxygen atoms in total. The highest BCUT2D eigenvalue weighted by Crippen LogP contribution is 2.43. The molecule has 1 amide bonds. The summed E-state index contributed by atoms with van der Waals surface area (Å²) in [5, 5.41) is 13.9. The van der Waals surface area contributed by atoms with Gasteiger partial charge in [0.05, 0.1) is 29.1 Å². The van der Waals surface area contributed by atoms with Gasteiger partial charge < -0.3 is 15.3 Å². The predicted octanol–water partition coefficient (Wildman–Crippen LogP) is 5.41. The number of fused-ring (bicyclic) bond motifs is 1. The van der Waals surface area contributed by atoms with Crippen molar-refractivity contribution in [2.45, 2.75) is 18.8 Å². The number of carbonyl (C=O) groups excluding carboxylic acids is 1. The fraction of sp³-hybridized carbons (Fsp3) is 0.174. The first-order valence-electron chi connectivity index (χ1n) is 10.0. The Labute approximate surface area is 194 Å². The van der Waals surface area contributed by atoms with Crippen molar-refractivity contribution in [3.63, 3.8) is 0 Å². The summed E-state index contributed by atoms with van der Waals surface area (Å²) in [6.45, 7) is -1.93. The van der Waals surface area contributed by atoms with E-state index in [0.717, 1.165) is 6.07 Å². The van der Waals surface area contributed by atoms with Gasteiger partial charge in [0.1, 0.15) is 5.75 Å². The van der Waals surface area contributed by atoms with E-state index in [1.807, 2.05) is 0 Å². The van der Waals surface area contributed by atoms with Crippen molar-refractivity contribution in [3.8, 4) is 16.9 Å². The number of nitrogens with one attached hydrogen (secondary N) is 1. The zero-order valence-electron chi connectivity index (χ0n) is 17.6. The molecule has 0 spiro atoms. The van der Waals surface area contributed by atoms with E-state index < -0.39 is 36.2 Å². The maximum absolute atomic E-state index is 13.5. The number of rotatable bonds is 4. The molecule has 0 aliphatic carbocycles. The first-order chi connectivity index (χ1) is 16.4. The van der Waals surface area contributed by atoms with E-state index in [0.29, 0.717) is 27.5 Å². The quantitative estimate of drug-likeness (QED) is 0.299. The molecule has 182 valence electrons. The van der Waals surface area contributed by atoms with Gasteiger partial charge in [-0.2, -0.15) is 31.1 Å². The molecule has 4 rings (SSSR count). The highest BCUT2D eigenvalue weighted by molar-refractivity contribution is 6.17. The first kappa shape index (κ1) is 24.0. The molecule has 0 saturated heterocycles. The SMILES string of the molecule is O=C1CC(c2cccc(-c3ccc[n+]([O-])c3)c2)=Nc2cc(OCC(F)(F)F)c(C(F)(F)F)cc2N1. The second kappa shape index (κ2) is 8.93. The van der Waals surface area contributed by atoms with E-state index >= 15 is 0 Å². The van der Waals surface area contributed by atoms with Crippen molar-refractivity contribution in [2.24, 2.45) is 4.99 Å². The van der Waals surface area contributed by atoms with Crippen LogP contribution in [-0.4, -0.2) is 24.4 Å². The van der Waals surface area contributed by atoms with E-state index in [4.69, 9.17) is 0 Å². The van der Waals surface area contributed by atoms with Crippen LogP contribution in [0, 0.1) is 5.21 Å². The fourth-order valence-corrected chi connectivity index (χ4v) is 3.46. The Morgan fingerprint density at radius 2 is 1.71 bits per heavy atom. The molecule has 0 unspecified atom stereocenters. The lowest BCUT2D eigenvalue weighted by atomic mass is 10.0. The van der Waals surface area contributed by atoms with Gasteiger partial charge >= 0.3 is 12.4 Å². The molecular weight excluding hydrogens is 480 g/mol. The Kier molecular flexibility index (Phi) is 6.14. The van der Waals surface area contributed by atoms with Gasteiger partial charge in [0, 0.05) is 17.7 Å². The van der Waals surface area contributed by atoms with Gasteiger partial charge in [0.2, 0.25) is 5.91 Å². The van der Waals surface area contributed by atoms with E-state index in [2.05, 4.69) is 15.0 Å². The minimum atomic E-state index is -5.04. The van der Waals surface area contributed by atoms with Crippen LogP contribution < -0.4 is 14.8 Å². The highest BCUT2D eigenvalue weighted by atomic mass is 19.4. The van der Waals surface area contributed by atoms with Gasteiger partial charge in [0.15, 0.2) is 19.0 Å². The maximum Gasteiger partial charge on any atom is 0.422 e. The Balaban J connectivity index is 1.79. The summed E-state index contributed by atoms with van der Waals surface area (Å²) in [5.41, 5.74) is -0.207. The Morgan fingerprint density at radius 1 is 1.00 bits per heavy atom. The summed E-state index contributed by atoms with van der Waals surface area (Å²) >= 11 is 0. The van der Waals surface area contributed by atoms with Crippen molar-refractivity contribution in [1.29, 1.82) is 0 Å². The molecule has 1 aliphatic rings. The van der Waals surface area contributed by atoms with E-state index in [1.54, 1.807) is 36.4 Å². The third kappa shape index (κ3) is 5.70. The average molecular weight is 495 g/mol. The van der Waals surface area contributed by atoms with Crippen molar-refractivity contribution in [1.82, 2.24) is 0 Å². The lowest BCUT2D eigenvalue weighted by molar-refractivity contribution is -0.604. The number of ether oxygens (including phenoxy) is 1. The second-order valence-electron chi connectivity index (χ2n) is 7.58. The third-order valence-electron chi connectivity index (χ3n) is 4.96. The normalized spacial score (nSPS) is 14.0. The maximum atomic E-state index is 13.5. The second-order valence-corrected chi connectivity index (χ2v) is 7.58. The number of amides is 1. The molecule has 1 N–H and O–H groups in total. The number of nitrogens with zero attached hydrogens (tertiary/aromatic N) is 2. The number of aliphatic imine (C=N–C) groups is 1. The molecule has 0 saturated carbocycles. The summed E-state index contributed by atoms with van der Waals surface area (Å²) in [6.07, 6.45) is -7.58. The van der Waals surface area contributed by atoms with E-state index in [1.165, 1.54) is 12.4 Å². The molecule has 2 heterocycles. The molecule has 2 aromatic carbocycles. The van der Waals surface area contributed by atoms with Crippen LogP contribution >= 0.6 is 0 Å². The van der Waals surface area contributed by atoms with Crippen LogP contribution in [0.3, 0.4) is 0 Å². The molecule has 0 fully saturated rings. The van der Waals surface area contributed by atoms with Gasteiger partial charge in [0.25, 0.3) is 0 Å². The van der Waals surface area contributed by atoms with Gasteiger partial charge in [-0.1, -0.05) is 18.2 Å².